The highest BCUT2D eigenvalue weighted by Crippen LogP contribution is 2.33. The van der Waals surface area contributed by atoms with E-state index in [1.807, 2.05) is 44.2 Å². The number of benzene rings is 2. The Hall–Kier alpha value is -3.40. The van der Waals surface area contributed by atoms with Crippen LogP contribution in [0.5, 0.6) is 0 Å². The number of rotatable bonds is 13. The lowest BCUT2D eigenvalue weighted by Crippen LogP contribution is -2.51. The molecule has 14 heteroatoms. The van der Waals surface area contributed by atoms with E-state index in [-0.39, 0.29) is 55.0 Å². The monoisotopic (exact) mass is 672 g/mol. The van der Waals surface area contributed by atoms with Gasteiger partial charge in [0.1, 0.15) is 6.10 Å². The Bertz CT molecular complexity index is 1580. The molecule has 5 rings (SSSR count). The van der Waals surface area contributed by atoms with Crippen LogP contribution < -0.4 is 10.6 Å². The van der Waals surface area contributed by atoms with Gasteiger partial charge in [0, 0.05) is 31.0 Å². The predicted octanol–water partition coefficient (Wildman–Crippen LogP) is 3.88. The first kappa shape index (κ1) is 33.9. The maximum atomic E-state index is 13.9. The van der Waals surface area contributed by atoms with E-state index < -0.39 is 34.4 Å². The molecule has 3 heterocycles. The number of hydrogen-bond acceptors (Lipinski definition) is 10. The Labute approximate surface area is 273 Å². The molecular weight excluding hydrogens is 633 g/mol. The molecule has 0 spiro atoms. The largest absolute Gasteiger partial charge is 0.443 e. The number of aliphatic hydroxyl groups excluding tert-OH is 1. The van der Waals surface area contributed by atoms with Gasteiger partial charge in [-0.3, -0.25) is 4.79 Å². The highest BCUT2D eigenvalue weighted by Gasteiger charge is 2.44. The molecule has 2 aromatic carbocycles. The molecule has 3 aromatic rings. The van der Waals surface area contributed by atoms with Crippen molar-refractivity contribution < 1.29 is 37.3 Å². The second-order valence-corrected chi connectivity index (χ2v) is 14.7. The molecule has 2 amide bonds. The lowest BCUT2D eigenvalue weighted by molar-refractivity contribution is -0.114. The quantitative estimate of drug-likeness (QED) is 0.245. The topological polar surface area (TPSA) is 156 Å². The first-order valence-electron chi connectivity index (χ1n) is 15.3. The Balaban J connectivity index is 1.32. The van der Waals surface area contributed by atoms with Gasteiger partial charge in [-0.05, 0) is 36.5 Å². The Kier molecular flexibility index (Phi) is 11.1. The van der Waals surface area contributed by atoms with Gasteiger partial charge in [-0.25, -0.2) is 18.2 Å². The van der Waals surface area contributed by atoms with E-state index in [9.17, 15) is 23.1 Å². The normalized spacial score (nSPS) is 20.8. The second kappa shape index (κ2) is 15.0. The number of nitrogens with one attached hydrogen (secondary N) is 2. The molecule has 0 aliphatic carbocycles. The van der Waals surface area contributed by atoms with Crippen molar-refractivity contribution in [2.24, 2.45) is 11.8 Å². The summed E-state index contributed by atoms with van der Waals surface area (Å²) in [5, 5.41) is 19.2. The molecule has 2 aliphatic heterocycles. The van der Waals surface area contributed by atoms with E-state index in [1.165, 1.54) is 34.7 Å². The van der Waals surface area contributed by atoms with Crippen LogP contribution in [0.3, 0.4) is 0 Å². The van der Waals surface area contributed by atoms with Crippen molar-refractivity contribution in [3.63, 3.8) is 0 Å². The molecule has 0 bridgehead atoms. The van der Waals surface area contributed by atoms with E-state index >= 15 is 0 Å². The van der Waals surface area contributed by atoms with E-state index in [0.717, 1.165) is 12.0 Å². The predicted molar refractivity (Wildman–Crippen MR) is 173 cm³/mol. The van der Waals surface area contributed by atoms with Crippen molar-refractivity contribution in [2.75, 3.05) is 31.6 Å². The second-order valence-electron chi connectivity index (χ2n) is 11.9. The van der Waals surface area contributed by atoms with Gasteiger partial charge in [-0.2, -0.15) is 4.31 Å². The number of carbonyl (C=O) groups is 2. The summed E-state index contributed by atoms with van der Waals surface area (Å²) in [6.07, 6.45) is -1.84. The standard InChI is InChI=1S/C32H40N4O8S2/c1-20(2)16-36(46(40,41)24-11-9-23(10-12-24)27-19-45-31(34-27)33-21(3)37)17-28(38)26(15-22-7-5-4-6-8-22)35-32(39)44-29-18-43-30-25(29)13-14-42-30/h4-12,19-20,25-26,28-30,38H,13-18H2,1-3H3,(H,35,39)(H,33,34,37)/t25-,26-,28-,29-,30+/m0/s1. The molecule has 2 aliphatic rings. The first-order chi connectivity index (χ1) is 22.0. The minimum Gasteiger partial charge on any atom is -0.443 e. The van der Waals surface area contributed by atoms with E-state index in [0.29, 0.717) is 23.0 Å². The average molecular weight is 673 g/mol. The van der Waals surface area contributed by atoms with Crippen molar-refractivity contribution in [3.05, 3.63) is 65.5 Å². The average Bonchev–Trinajstić information content (AvgIpc) is 3.76. The number of nitrogens with zero attached hydrogens (tertiary/aromatic N) is 2. The lowest BCUT2D eigenvalue weighted by Gasteiger charge is -2.31. The van der Waals surface area contributed by atoms with Gasteiger partial charge in [0.05, 0.1) is 41.9 Å². The Morgan fingerprint density at radius 2 is 1.85 bits per heavy atom. The van der Waals surface area contributed by atoms with Crippen LogP contribution >= 0.6 is 11.3 Å². The van der Waals surface area contributed by atoms with Crippen LogP contribution in [0.1, 0.15) is 32.8 Å². The smallest absolute Gasteiger partial charge is 0.407 e. The molecule has 2 fully saturated rings. The minimum atomic E-state index is -4.04. The Morgan fingerprint density at radius 3 is 2.54 bits per heavy atom. The van der Waals surface area contributed by atoms with Crippen molar-refractivity contribution in [3.8, 4) is 11.3 Å². The number of fused-ring (bicyclic) bond motifs is 1. The fourth-order valence-electron chi connectivity index (χ4n) is 5.60. The third-order valence-electron chi connectivity index (χ3n) is 7.84. The van der Waals surface area contributed by atoms with Crippen LogP contribution in [0.2, 0.25) is 0 Å². The molecule has 1 aromatic heterocycles. The lowest BCUT2D eigenvalue weighted by atomic mass is 10.0. The number of amides is 2. The highest BCUT2D eigenvalue weighted by atomic mass is 32.2. The van der Waals surface area contributed by atoms with Crippen LogP contribution in [0.15, 0.2) is 64.9 Å². The van der Waals surface area contributed by atoms with Crippen molar-refractivity contribution in [2.45, 2.75) is 63.0 Å². The van der Waals surface area contributed by atoms with E-state index in [1.54, 1.807) is 17.5 Å². The molecule has 46 heavy (non-hydrogen) atoms. The van der Waals surface area contributed by atoms with Gasteiger partial charge >= 0.3 is 6.09 Å². The molecule has 3 N–H and O–H groups in total. The van der Waals surface area contributed by atoms with Crippen molar-refractivity contribution in [1.29, 1.82) is 0 Å². The third-order valence-corrected chi connectivity index (χ3v) is 10.4. The SMILES string of the molecule is CC(=O)Nc1nc(-c2ccc(S(=O)(=O)N(CC(C)C)C[C@H](O)[C@H](Cc3ccccc3)NC(=O)O[C@H]3CO[C@H]4OCC[C@H]43)cc2)cs1. The Morgan fingerprint density at radius 1 is 1.11 bits per heavy atom. The number of thiazole rings is 1. The maximum Gasteiger partial charge on any atom is 0.407 e. The van der Waals surface area contributed by atoms with Crippen LogP contribution in [0.25, 0.3) is 11.3 Å². The summed E-state index contributed by atoms with van der Waals surface area (Å²) in [6.45, 7) is 5.86. The summed E-state index contributed by atoms with van der Waals surface area (Å²) >= 11 is 1.27. The van der Waals surface area contributed by atoms with Gasteiger partial charge in [0.2, 0.25) is 15.9 Å². The van der Waals surface area contributed by atoms with Gasteiger partial charge in [-0.15, -0.1) is 11.3 Å². The molecule has 12 nitrogen and oxygen atoms in total. The number of alkyl carbamates (subject to hydrolysis) is 1. The fourth-order valence-corrected chi connectivity index (χ4v) is 7.98. The fraction of sp³-hybridized carbons (Fsp3) is 0.469. The van der Waals surface area contributed by atoms with Crippen molar-refractivity contribution >= 4 is 38.5 Å². The first-order valence-corrected chi connectivity index (χ1v) is 17.6. The van der Waals surface area contributed by atoms with Crippen LogP contribution in [0.4, 0.5) is 9.93 Å². The molecule has 0 saturated carbocycles. The van der Waals surface area contributed by atoms with Crippen LogP contribution in [-0.2, 0) is 35.4 Å². The van der Waals surface area contributed by atoms with Gasteiger partial charge in [0.15, 0.2) is 11.4 Å². The number of sulfonamides is 1. The zero-order chi connectivity index (χ0) is 32.8. The number of aromatic nitrogens is 1. The number of carbonyl (C=O) groups excluding carboxylic acids is 2. The number of ether oxygens (including phenoxy) is 3. The highest BCUT2D eigenvalue weighted by molar-refractivity contribution is 7.89. The summed E-state index contributed by atoms with van der Waals surface area (Å²) in [6, 6.07) is 14.8. The molecule has 0 unspecified atom stereocenters. The van der Waals surface area contributed by atoms with Gasteiger partial charge < -0.3 is 30.0 Å². The van der Waals surface area contributed by atoms with E-state index in [4.69, 9.17) is 14.2 Å². The maximum absolute atomic E-state index is 13.9. The number of hydrogen-bond donors (Lipinski definition) is 3. The molecule has 248 valence electrons. The van der Waals surface area contributed by atoms with Gasteiger partial charge in [-0.1, -0.05) is 56.3 Å². The minimum absolute atomic E-state index is 0.0436. The summed E-state index contributed by atoms with van der Waals surface area (Å²) in [4.78, 5) is 28.9. The molecule has 0 radical (unpaired) electrons. The molecule has 5 atom stereocenters. The van der Waals surface area contributed by atoms with Crippen LogP contribution in [-0.4, -0.2) is 85.7 Å². The summed E-state index contributed by atoms with van der Waals surface area (Å²) in [5.74, 6) is -0.317. The summed E-state index contributed by atoms with van der Waals surface area (Å²) in [7, 11) is -4.04. The zero-order valence-electron chi connectivity index (χ0n) is 26.0. The van der Waals surface area contributed by atoms with Crippen LogP contribution in [0, 0.1) is 11.8 Å². The zero-order valence-corrected chi connectivity index (χ0v) is 27.6. The number of anilines is 1. The van der Waals surface area contributed by atoms with Crippen molar-refractivity contribution in [1.82, 2.24) is 14.6 Å². The summed E-state index contributed by atoms with van der Waals surface area (Å²) in [5.41, 5.74) is 2.16. The molecular formula is C32H40N4O8S2. The van der Waals surface area contributed by atoms with Gasteiger partial charge in [0.25, 0.3) is 0 Å². The summed E-state index contributed by atoms with van der Waals surface area (Å²) < 4.78 is 45.9. The number of aliphatic hydroxyl groups is 1. The van der Waals surface area contributed by atoms with E-state index in [2.05, 4.69) is 15.6 Å². The third kappa shape index (κ3) is 8.49. The molecule has 2 saturated heterocycles.